The van der Waals surface area contributed by atoms with E-state index in [4.69, 9.17) is 4.74 Å². The van der Waals surface area contributed by atoms with Crippen LogP contribution < -0.4 is 4.90 Å². The highest BCUT2D eigenvalue weighted by atomic mass is 32.2. The number of aromatic nitrogens is 3. The SMILES string of the molecule is C=CCSc1nnc(N2CCOCC2)n1-c1cccc(C)c1. The Balaban J connectivity index is 2.02. The Kier molecular flexibility index (Phi) is 4.80. The third-order valence-corrected chi connectivity index (χ3v) is 4.43. The Labute approximate surface area is 135 Å². The van der Waals surface area contributed by atoms with Crippen LogP contribution in [0.25, 0.3) is 5.69 Å². The lowest BCUT2D eigenvalue weighted by atomic mass is 10.2. The van der Waals surface area contributed by atoms with E-state index in [0.29, 0.717) is 0 Å². The van der Waals surface area contributed by atoms with Crippen LogP contribution in [0.15, 0.2) is 42.1 Å². The lowest BCUT2D eigenvalue weighted by molar-refractivity contribution is 0.122. The molecule has 3 rings (SSSR count). The van der Waals surface area contributed by atoms with Crippen LogP contribution in [0.1, 0.15) is 5.56 Å². The third-order valence-electron chi connectivity index (χ3n) is 3.50. The minimum atomic E-state index is 0.732. The van der Waals surface area contributed by atoms with Crippen LogP contribution >= 0.6 is 11.8 Å². The first-order valence-corrected chi connectivity index (χ1v) is 8.37. The molecule has 1 aliphatic heterocycles. The first kappa shape index (κ1) is 15.1. The second kappa shape index (κ2) is 6.98. The van der Waals surface area contributed by atoms with E-state index >= 15 is 0 Å². The summed E-state index contributed by atoms with van der Waals surface area (Å²) in [6.45, 7) is 9.03. The highest BCUT2D eigenvalue weighted by Gasteiger charge is 2.21. The standard InChI is InChI=1S/C16H20N4OS/c1-3-11-22-16-18-17-15(19-7-9-21-10-8-19)20(16)14-6-4-5-13(2)12-14/h3-6,12H,1,7-11H2,2H3. The Morgan fingerprint density at radius 2 is 2.14 bits per heavy atom. The molecule has 0 amide bonds. The fourth-order valence-corrected chi connectivity index (χ4v) is 3.13. The molecule has 1 saturated heterocycles. The van der Waals surface area contributed by atoms with Crippen molar-refractivity contribution < 1.29 is 4.74 Å². The molecule has 0 atom stereocenters. The topological polar surface area (TPSA) is 43.2 Å². The zero-order chi connectivity index (χ0) is 15.4. The quantitative estimate of drug-likeness (QED) is 0.627. The Morgan fingerprint density at radius 1 is 1.32 bits per heavy atom. The molecule has 0 bridgehead atoms. The predicted molar refractivity (Wildman–Crippen MR) is 90.0 cm³/mol. The van der Waals surface area contributed by atoms with E-state index in [1.807, 2.05) is 6.08 Å². The average Bonchev–Trinajstić information content (AvgIpc) is 2.97. The van der Waals surface area contributed by atoms with Crippen LogP contribution in [-0.4, -0.2) is 46.8 Å². The van der Waals surface area contributed by atoms with E-state index in [0.717, 1.165) is 48.8 Å². The van der Waals surface area contributed by atoms with Gasteiger partial charge in [-0.2, -0.15) is 0 Å². The number of morpholine rings is 1. The molecule has 0 aliphatic carbocycles. The van der Waals surface area contributed by atoms with Gasteiger partial charge in [-0.3, -0.25) is 4.57 Å². The summed E-state index contributed by atoms with van der Waals surface area (Å²) in [5.74, 6) is 1.70. The molecule has 2 heterocycles. The van der Waals surface area contributed by atoms with Crippen molar-refractivity contribution in [1.29, 1.82) is 0 Å². The van der Waals surface area contributed by atoms with Gasteiger partial charge in [0.2, 0.25) is 5.95 Å². The fraction of sp³-hybridized carbons (Fsp3) is 0.375. The second-order valence-corrected chi connectivity index (χ2v) is 6.14. The van der Waals surface area contributed by atoms with E-state index in [1.54, 1.807) is 11.8 Å². The van der Waals surface area contributed by atoms with E-state index in [-0.39, 0.29) is 0 Å². The number of rotatable bonds is 5. The molecular formula is C16H20N4OS. The molecular weight excluding hydrogens is 296 g/mol. The van der Waals surface area contributed by atoms with Gasteiger partial charge in [0.05, 0.1) is 18.9 Å². The highest BCUT2D eigenvalue weighted by Crippen LogP contribution is 2.27. The van der Waals surface area contributed by atoms with E-state index in [9.17, 15) is 0 Å². The number of hydrogen-bond acceptors (Lipinski definition) is 5. The van der Waals surface area contributed by atoms with Gasteiger partial charge in [-0.15, -0.1) is 16.8 Å². The molecule has 2 aromatic rings. The molecule has 1 aromatic carbocycles. The van der Waals surface area contributed by atoms with Crippen LogP contribution in [-0.2, 0) is 4.74 Å². The lowest BCUT2D eigenvalue weighted by Crippen LogP contribution is -2.37. The molecule has 0 radical (unpaired) electrons. The summed E-state index contributed by atoms with van der Waals surface area (Å²) < 4.78 is 7.57. The third kappa shape index (κ3) is 3.18. The summed E-state index contributed by atoms with van der Waals surface area (Å²) in [4.78, 5) is 2.23. The highest BCUT2D eigenvalue weighted by molar-refractivity contribution is 7.99. The molecule has 0 N–H and O–H groups in total. The first-order chi connectivity index (χ1) is 10.8. The Hall–Kier alpha value is -1.79. The second-order valence-electron chi connectivity index (χ2n) is 5.16. The minimum Gasteiger partial charge on any atom is -0.378 e. The molecule has 1 aromatic heterocycles. The van der Waals surface area contributed by atoms with Gasteiger partial charge in [0.1, 0.15) is 0 Å². The Morgan fingerprint density at radius 3 is 2.86 bits per heavy atom. The van der Waals surface area contributed by atoms with Crippen LogP contribution in [0.3, 0.4) is 0 Å². The van der Waals surface area contributed by atoms with Crippen molar-refractivity contribution in [2.75, 3.05) is 37.0 Å². The van der Waals surface area contributed by atoms with Crippen LogP contribution in [0.5, 0.6) is 0 Å². The van der Waals surface area contributed by atoms with Crippen LogP contribution in [0.4, 0.5) is 5.95 Å². The zero-order valence-electron chi connectivity index (χ0n) is 12.7. The summed E-state index contributed by atoms with van der Waals surface area (Å²) in [6.07, 6.45) is 1.88. The zero-order valence-corrected chi connectivity index (χ0v) is 13.6. The number of aryl methyl sites for hydroxylation is 1. The maximum Gasteiger partial charge on any atom is 0.232 e. The molecule has 22 heavy (non-hydrogen) atoms. The summed E-state index contributed by atoms with van der Waals surface area (Å²) >= 11 is 1.65. The van der Waals surface area contributed by atoms with Gasteiger partial charge in [0.25, 0.3) is 0 Å². The van der Waals surface area contributed by atoms with Crippen molar-refractivity contribution in [2.24, 2.45) is 0 Å². The fourth-order valence-electron chi connectivity index (χ4n) is 2.45. The van der Waals surface area contributed by atoms with Crippen LogP contribution in [0, 0.1) is 6.92 Å². The van der Waals surface area contributed by atoms with Crippen molar-refractivity contribution in [1.82, 2.24) is 14.8 Å². The molecule has 1 fully saturated rings. The largest absolute Gasteiger partial charge is 0.378 e. The van der Waals surface area contributed by atoms with Gasteiger partial charge < -0.3 is 9.64 Å². The van der Waals surface area contributed by atoms with Crippen molar-refractivity contribution in [3.63, 3.8) is 0 Å². The molecule has 5 nitrogen and oxygen atoms in total. The minimum absolute atomic E-state index is 0.732. The van der Waals surface area contributed by atoms with E-state index in [2.05, 4.69) is 57.4 Å². The number of hydrogen-bond donors (Lipinski definition) is 0. The smallest absolute Gasteiger partial charge is 0.232 e. The Bertz CT molecular complexity index is 649. The molecule has 6 heteroatoms. The number of thioether (sulfide) groups is 1. The molecule has 0 unspecified atom stereocenters. The normalized spacial score (nSPS) is 15.0. The van der Waals surface area contributed by atoms with Gasteiger partial charge in [-0.05, 0) is 24.6 Å². The molecule has 0 saturated carbocycles. The van der Waals surface area contributed by atoms with E-state index < -0.39 is 0 Å². The summed E-state index contributed by atoms with van der Waals surface area (Å²) in [7, 11) is 0. The maximum atomic E-state index is 5.44. The van der Waals surface area contributed by atoms with Gasteiger partial charge in [-0.1, -0.05) is 30.0 Å². The molecule has 116 valence electrons. The van der Waals surface area contributed by atoms with E-state index in [1.165, 1.54) is 5.56 Å². The van der Waals surface area contributed by atoms with Crippen molar-refractivity contribution >= 4 is 17.7 Å². The number of ether oxygens (including phenoxy) is 1. The van der Waals surface area contributed by atoms with Crippen molar-refractivity contribution in [2.45, 2.75) is 12.1 Å². The van der Waals surface area contributed by atoms with Gasteiger partial charge in [0.15, 0.2) is 5.16 Å². The summed E-state index contributed by atoms with van der Waals surface area (Å²) in [5, 5.41) is 9.70. The monoisotopic (exact) mass is 316 g/mol. The number of nitrogens with zero attached hydrogens (tertiary/aromatic N) is 4. The average molecular weight is 316 g/mol. The van der Waals surface area contributed by atoms with Gasteiger partial charge in [0, 0.05) is 18.8 Å². The van der Waals surface area contributed by atoms with Crippen molar-refractivity contribution in [3.05, 3.63) is 42.5 Å². The first-order valence-electron chi connectivity index (χ1n) is 7.38. The number of benzene rings is 1. The van der Waals surface area contributed by atoms with Gasteiger partial charge in [-0.25, -0.2) is 0 Å². The molecule has 0 spiro atoms. The predicted octanol–water partition coefficient (Wildman–Crippen LogP) is 2.69. The van der Waals surface area contributed by atoms with Gasteiger partial charge >= 0.3 is 0 Å². The van der Waals surface area contributed by atoms with Crippen LogP contribution in [0.2, 0.25) is 0 Å². The van der Waals surface area contributed by atoms with Crippen molar-refractivity contribution in [3.8, 4) is 5.69 Å². The molecule has 1 aliphatic rings. The summed E-state index contributed by atoms with van der Waals surface area (Å²) in [6, 6.07) is 8.41. The summed E-state index contributed by atoms with van der Waals surface area (Å²) in [5.41, 5.74) is 2.32. The number of anilines is 1. The lowest BCUT2D eigenvalue weighted by Gasteiger charge is -2.28. The maximum absolute atomic E-state index is 5.44.